The van der Waals surface area contributed by atoms with Crippen LogP contribution >= 0.6 is 11.6 Å². The molecule has 1 N–H and O–H groups in total. The maximum absolute atomic E-state index is 14.2. The van der Waals surface area contributed by atoms with Crippen molar-refractivity contribution in [3.63, 3.8) is 0 Å². The predicted molar refractivity (Wildman–Crippen MR) is 172 cm³/mol. The topological polar surface area (TPSA) is 88.1 Å². The van der Waals surface area contributed by atoms with Gasteiger partial charge in [0, 0.05) is 68.8 Å². The standard InChI is InChI=1S/C32H39ClN8O2/c1-4-29(42)39-13-7-8-25(21-39)41-30-23(20-40(32(41)43)28-10-6-5-9-26(28)33)19-34-31(36-30)35-24-11-12-27(22(2)18-24)38-16-14-37(3)15-17-38/h5-6,9-12,18-19,25H,4,7-8,13-17,20-21H2,1-3H3,(H,34,35,36)/t25-/m1/s1. The number of rotatable bonds is 6. The van der Waals surface area contributed by atoms with Gasteiger partial charge < -0.3 is 20.0 Å². The molecule has 4 heterocycles. The lowest BCUT2D eigenvalue weighted by molar-refractivity contribution is -0.132. The first-order valence-corrected chi connectivity index (χ1v) is 15.5. The van der Waals surface area contributed by atoms with Gasteiger partial charge in [-0.1, -0.05) is 30.7 Å². The zero-order chi connectivity index (χ0) is 30.1. The summed E-state index contributed by atoms with van der Waals surface area (Å²) < 4.78 is 0. The van der Waals surface area contributed by atoms with E-state index in [1.54, 1.807) is 22.1 Å². The molecule has 2 saturated heterocycles. The fraction of sp³-hybridized carbons (Fsp3) is 0.438. The molecule has 226 valence electrons. The van der Waals surface area contributed by atoms with Gasteiger partial charge in [0.1, 0.15) is 5.82 Å². The summed E-state index contributed by atoms with van der Waals surface area (Å²) in [5.74, 6) is 1.09. The van der Waals surface area contributed by atoms with E-state index in [-0.39, 0.29) is 18.0 Å². The van der Waals surface area contributed by atoms with Crippen molar-refractivity contribution in [2.75, 3.05) is 66.3 Å². The van der Waals surface area contributed by atoms with Crippen molar-refractivity contribution >= 4 is 52.4 Å². The highest BCUT2D eigenvalue weighted by molar-refractivity contribution is 6.34. The molecule has 1 atom stereocenters. The molecule has 3 aliphatic rings. The van der Waals surface area contributed by atoms with Gasteiger partial charge in [-0.3, -0.25) is 14.6 Å². The molecular formula is C32H39ClN8O2. The zero-order valence-electron chi connectivity index (χ0n) is 25.1. The second kappa shape index (κ2) is 12.4. The van der Waals surface area contributed by atoms with Gasteiger partial charge in [-0.25, -0.2) is 9.78 Å². The maximum Gasteiger partial charge on any atom is 0.330 e. The third kappa shape index (κ3) is 5.99. The van der Waals surface area contributed by atoms with Crippen LogP contribution in [0.15, 0.2) is 48.7 Å². The van der Waals surface area contributed by atoms with E-state index in [9.17, 15) is 9.59 Å². The number of fused-ring (bicyclic) bond motifs is 1. The van der Waals surface area contributed by atoms with Crippen molar-refractivity contribution in [2.24, 2.45) is 0 Å². The minimum atomic E-state index is -0.214. The molecule has 10 nitrogen and oxygen atoms in total. The van der Waals surface area contributed by atoms with Gasteiger partial charge in [-0.05, 0) is 62.7 Å². The number of aromatic nitrogens is 2. The third-order valence-corrected chi connectivity index (χ3v) is 9.01. The lowest BCUT2D eigenvalue weighted by atomic mass is 10.0. The molecule has 3 amide bonds. The van der Waals surface area contributed by atoms with Gasteiger partial charge in [0.2, 0.25) is 11.9 Å². The summed E-state index contributed by atoms with van der Waals surface area (Å²) in [5, 5.41) is 3.87. The van der Waals surface area contributed by atoms with Crippen LogP contribution in [-0.4, -0.2) is 84.1 Å². The number of carbonyl (C=O) groups is 2. The van der Waals surface area contributed by atoms with Crippen LogP contribution in [0.25, 0.3) is 0 Å². The van der Waals surface area contributed by atoms with E-state index >= 15 is 0 Å². The molecule has 43 heavy (non-hydrogen) atoms. The Bertz CT molecular complexity index is 1510. The molecule has 0 saturated carbocycles. The molecular weight excluding hydrogens is 564 g/mol. The van der Waals surface area contributed by atoms with Crippen LogP contribution in [-0.2, 0) is 11.3 Å². The van der Waals surface area contributed by atoms with E-state index in [4.69, 9.17) is 16.6 Å². The molecule has 6 rings (SSSR count). The first-order valence-electron chi connectivity index (χ1n) is 15.1. The Morgan fingerprint density at radius 1 is 1.07 bits per heavy atom. The summed E-state index contributed by atoms with van der Waals surface area (Å²) in [4.78, 5) is 46.5. The Labute approximate surface area is 258 Å². The fourth-order valence-electron chi connectivity index (χ4n) is 6.30. The van der Waals surface area contributed by atoms with Crippen molar-refractivity contribution < 1.29 is 9.59 Å². The van der Waals surface area contributed by atoms with E-state index < -0.39 is 0 Å². The summed E-state index contributed by atoms with van der Waals surface area (Å²) in [5.41, 5.74) is 4.78. The molecule has 0 bridgehead atoms. The number of hydrogen-bond acceptors (Lipinski definition) is 7. The number of piperidine rings is 1. The summed E-state index contributed by atoms with van der Waals surface area (Å²) >= 11 is 6.55. The molecule has 0 spiro atoms. The lowest BCUT2D eigenvalue weighted by Gasteiger charge is -2.43. The largest absolute Gasteiger partial charge is 0.369 e. The number of halogens is 1. The SMILES string of the molecule is CCC(=O)N1CCC[C@@H](N2C(=O)N(c3ccccc3Cl)Cc3cnc(Nc4ccc(N5CCN(C)CC5)c(C)c4)nc32)C1. The minimum Gasteiger partial charge on any atom is -0.369 e. The molecule has 3 aliphatic heterocycles. The number of anilines is 5. The van der Waals surface area contributed by atoms with Crippen LogP contribution in [0.2, 0.25) is 5.02 Å². The zero-order valence-corrected chi connectivity index (χ0v) is 25.8. The average Bonchev–Trinajstić information content (AvgIpc) is 3.01. The number of carbonyl (C=O) groups excluding carboxylic acids is 2. The van der Waals surface area contributed by atoms with Gasteiger partial charge in [0.25, 0.3) is 0 Å². The van der Waals surface area contributed by atoms with Crippen LogP contribution in [0.1, 0.15) is 37.3 Å². The molecule has 11 heteroatoms. The summed E-state index contributed by atoms with van der Waals surface area (Å²) in [6.07, 6.45) is 3.81. The molecule has 0 aliphatic carbocycles. The Hall–Kier alpha value is -3.89. The quantitative estimate of drug-likeness (QED) is 0.411. The number of hydrogen-bond donors (Lipinski definition) is 1. The number of urea groups is 1. The second-order valence-electron chi connectivity index (χ2n) is 11.6. The molecule has 2 fully saturated rings. The van der Waals surface area contributed by atoms with Crippen LogP contribution < -0.4 is 20.0 Å². The van der Waals surface area contributed by atoms with E-state index in [1.807, 2.05) is 30.0 Å². The van der Waals surface area contributed by atoms with Crippen LogP contribution in [0, 0.1) is 6.92 Å². The van der Waals surface area contributed by atoms with Crippen molar-refractivity contribution in [1.29, 1.82) is 0 Å². The van der Waals surface area contributed by atoms with E-state index in [2.05, 4.69) is 52.3 Å². The Kier molecular flexibility index (Phi) is 8.41. The first kappa shape index (κ1) is 29.2. The normalized spacial score (nSPS) is 19.4. The molecule has 0 unspecified atom stereocenters. The monoisotopic (exact) mass is 602 g/mol. The van der Waals surface area contributed by atoms with Crippen LogP contribution in [0.4, 0.5) is 33.6 Å². The number of aryl methyl sites for hydroxylation is 1. The van der Waals surface area contributed by atoms with Gasteiger partial charge in [0.05, 0.1) is 23.3 Å². The third-order valence-electron chi connectivity index (χ3n) is 8.69. The highest BCUT2D eigenvalue weighted by Gasteiger charge is 2.40. The second-order valence-corrected chi connectivity index (χ2v) is 12.0. The fourth-order valence-corrected chi connectivity index (χ4v) is 6.54. The highest BCUT2D eigenvalue weighted by atomic mass is 35.5. The number of nitrogens with zero attached hydrogens (tertiary/aromatic N) is 7. The van der Waals surface area contributed by atoms with Crippen molar-refractivity contribution in [3.05, 3.63) is 64.8 Å². The number of para-hydroxylation sites is 1. The minimum absolute atomic E-state index is 0.0952. The van der Waals surface area contributed by atoms with Gasteiger partial charge >= 0.3 is 6.03 Å². The summed E-state index contributed by atoms with van der Waals surface area (Å²) in [6, 6.07) is 13.3. The number of piperazine rings is 1. The number of nitrogens with one attached hydrogen (secondary N) is 1. The first-order chi connectivity index (χ1) is 20.8. The van der Waals surface area contributed by atoms with Crippen molar-refractivity contribution in [3.8, 4) is 0 Å². The summed E-state index contributed by atoms with van der Waals surface area (Å²) in [6.45, 7) is 9.59. The van der Waals surface area contributed by atoms with Crippen LogP contribution in [0.5, 0.6) is 0 Å². The molecule has 1 aromatic heterocycles. The Morgan fingerprint density at radius 3 is 2.60 bits per heavy atom. The van der Waals surface area contributed by atoms with E-state index in [0.29, 0.717) is 48.5 Å². The van der Waals surface area contributed by atoms with E-state index in [1.165, 1.54) is 11.3 Å². The maximum atomic E-state index is 14.2. The molecule has 0 radical (unpaired) electrons. The molecule has 2 aromatic carbocycles. The molecule has 3 aromatic rings. The summed E-state index contributed by atoms with van der Waals surface area (Å²) in [7, 11) is 2.16. The number of likely N-dealkylation sites (N-methyl/N-ethyl adjacent to an activating group) is 1. The van der Waals surface area contributed by atoms with Gasteiger partial charge in [-0.2, -0.15) is 4.98 Å². The van der Waals surface area contributed by atoms with Gasteiger partial charge in [-0.15, -0.1) is 0 Å². The highest BCUT2D eigenvalue weighted by Crippen LogP contribution is 2.37. The Balaban J connectivity index is 1.30. The predicted octanol–water partition coefficient (Wildman–Crippen LogP) is 5.28. The van der Waals surface area contributed by atoms with Crippen LogP contribution in [0.3, 0.4) is 0 Å². The smallest absolute Gasteiger partial charge is 0.330 e. The van der Waals surface area contributed by atoms with Crippen molar-refractivity contribution in [2.45, 2.75) is 45.7 Å². The number of amides is 3. The van der Waals surface area contributed by atoms with E-state index in [0.717, 1.165) is 50.3 Å². The average molecular weight is 603 g/mol. The van der Waals surface area contributed by atoms with Crippen molar-refractivity contribution in [1.82, 2.24) is 19.8 Å². The lowest BCUT2D eigenvalue weighted by Crippen LogP contribution is -2.57. The number of likely N-dealkylation sites (tertiary alicyclic amines) is 1. The van der Waals surface area contributed by atoms with Gasteiger partial charge in [0.15, 0.2) is 0 Å². The number of benzene rings is 2. The Morgan fingerprint density at radius 2 is 1.86 bits per heavy atom.